The van der Waals surface area contributed by atoms with E-state index in [2.05, 4.69) is 31.2 Å². The first-order valence-electron chi connectivity index (χ1n) is 4.75. The Hall–Kier alpha value is 0.0600. The van der Waals surface area contributed by atoms with Crippen LogP contribution in [0.25, 0.3) is 0 Å². The highest BCUT2D eigenvalue weighted by Crippen LogP contribution is 2.24. The lowest BCUT2D eigenvalue weighted by Crippen LogP contribution is -2.23. The molecule has 2 rings (SSSR count). The Kier molecular flexibility index (Phi) is 4.59. The summed E-state index contributed by atoms with van der Waals surface area (Å²) in [6.07, 6.45) is 1.56. The summed E-state index contributed by atoms with van der Waals surface area (Å²) < 4.78 is 0.825. The van der Waals surface area contributed by atoms with E-state index in [-0.39, 0.29) is 0 Å². The van der Waals surface area contributed by atoms with Gasteiger partial charge in [-0.1, -0.05) is 0 Å². The molecule has 0 aromatic carbocycles. The lowest BCUT2D eigenvalue weighted by Gasteiger charge is -2.21. The normalized spacial score (nSPS) is 21.3. The maximum Gasteiger partial charge on any atom is 0.130 e. The number of nitrogens with zero attached hydrogens (tertiary/aromatic N) is 2. The summed E-state index contributed by atoms with van der Waals surface area (Å²) in [4.78, 5) is 8.15. The minimum absolute atomic E-state index is 0.706. The predicted octanol–water partition coefficient (Wildman–Crippen LogP) is 2.50. The van der Waals surface area contributed by atoms with Crippen molar-refractivity contribution >= 4 is 45.3 Å². The van der Waals surface area contributed by atoms with Gasteiger partial charge in [0.15, 0.2) is 0 Å². The van der Waals surface area contributed by atoms with Crippen molar-refractivity contribution in [2.24, 2.45) is 0 Å². The van der Waals surface area contributed by atoms with Crippen LogP contribution in [-0.2, 0) is 0 Å². The van der Waals surface area contributed by atoms with Gasteiger partial charge in [-0.3, -0.25) is 0 Å². The number of nitrogens with one attached hydrogen (secondary N) is 1. The Morgan fingerprint density at radius 2 is 2.40 bits per heavy atom. The molecule has 1 unspecified atom stereocenters. The van der Waals surface area contributed by atoms with Crippen LogP contribution in [0.15, 0.2) is 17.0 Å². The van der Waals surface area contributed by atoms with E-state index in [4.69, 9.17) is 0 Å². The Morgan fingerprint density at radius 1 is 1.47 bits per heavy atom. The number of rotatable bonds is 3. The molecule has 1 aromatic heterocycles. The van der Waals surface area contributed by atoms with Crippen LogP contribution < -0.4 is 5.32 Å². The van der Waals surface area contributed by atoms with Crippen molar-refractivity contribution in [1.82, 2.24) is 9.97 Å². The highest BCUT2D eigenvalue weighted by Gasteiger charge is 2.13. The number of aromatic nitrogens is 2. The lowest BCUT2D eigenvalue weighted by atomic mass is 10.4. The first kappa shape index (κ1) is 11.5. The third-order valence-corrected chi connectivity index (χ3v) is 5.31. The van der Waals surface area contributed by atoms with Gasteiger partial charge in [-0.25, -0.2) is 9.97 Å². The fraction of sp³-hybridized carbons (Fsp3) is 0.556. The molecule has 1 aliphatic heterocycles. The van der Waals surface area contributed by atoms with E-state index >= 15 is 0 Å². The molecule has 0 aliphatic carbocycles. The highest BCUT2D eigenvalue weighted by molar-refractivity contribution is 9.10. The topological polar surface area (TPSA) is 37.8 Å². The second-order valence-corrected chi connectivity index (χ2v) is 6.55. The van der Waals surface area contributed by atoms with E-state index < -0.39 is 0 Å². The van der Waals surface area contributed by atoms with E-state index in [0.29, 0.717) is 5.25 Å². The first-order valence-corrected chi connectivity index (χ1v) is 7.75. The van der Waals surface area contributed by atoms with Crippen LogP contribution in [0.3, 0.4) is 0 Å². The van der Waals surface area contributed by atoms with Gasteiger partial charge < -0.3 is 5.32 Å². The van der Waals surface area contributed by atoms with Crippen LogP contribution in [0.1, 0.15) is 0 Å². The van der Waals surface area contributed by atoms with Crippen molar-refractivity contribution in [2.75, 3.05) is 29.1 Å². The fourth-order valence-corrected chi connectivity index (χ4v) is 4.22. The van der Waals surface area contributed by atoms with Crippen LogP contribution in [0.2, 0.25) is 0 Å². The predicted molar refractivity (Wildman–Crippen MR) is 71.8 cm³/mol. The molecule has 1 aliphatic rings. The Bertz CT molecular complexity index is 318. The monoisotopic (exact) mass is 305 g/mol. The summed E-state index contributed by atoms with van der Waals surface area (Å²) >= 11 is 7.41. The molecule has 3 nitrogen and oxygen atoms in total. The van der Waals surface area contributed by atoms with Crippen LogP contribution in [0.5, 0.6) is 0 Å². The summed E-state index contributed by atoms with van der Waals surface area (Å²) in [5, 5.41) is 4.05. The minimum Gasteiger partial charge on any atom is -0.369 e. The van der Waals surface area contributed by atoms with E-state index in [1.54, 1.807) is 6.33 Å². The number of hydrogen-bond acceptors (Lipinski definition) is 5. The maximum absolute atomic E-state index is 4.16. The van der Waals surface area contributed by atoms with Gasteiger partial charge in [-0.05, 0) is 15.9 Å². The Balaban J connectivity index is 1.81. The smallest absolute Gasteiger partial charge is 0.130 e. The van der Waals surface area contributed by atoms with Crippen LogP contribution in [0, 0.1) is 0 Å². The molecule has 1 saturated heterocycles. The van der Waals surface area contributed by atoms with Gasteiger partial charge in [-0.2, -0.15) is 23.5 Å². The van der Waals surface area contributed by atoms with E-state index in [9.17, 15) is 0 Å². The highest BCUT2D eigenvalue weighted by atomic mass is 79.9. The summed E-state index contributed by atoms with van der Waals surface area (Å²) in [6.45, 7) is 0.987. The van der Waals surface area contributed by atoms with Gasteiger partial charge in [0.1, 0.15) is 16.7 Å². The van der Waals surface area contributed by atoms with Gasteiger partial charge in [0, 0.05) is 35.1 Å². The number of thioether (sulfide) groups is 2. The van der Waals surface area contributed by atoms with Gasteiger partial charge in [0.05, 0.1) is 0 Å². The van der Waals surface area contributed by atoms with Crippen LogP contribution in [-0.4, -0.2) is 39.0 Å². The molecule has 1 aromatic rings. The molecule has 6 heteroatoms. The number of anilines is 1. The molecule has 0 bridgehead atoms. The van der Waals surface area contributed by atoms with Crippen molar-refractivity contribution < 1.29 is 0 Å². The lowest BCUT2D eigenvalue weighted by molar-refractivity contribution is 0.985. The molecule has 15 heavy (non-hydrogen) atoms. The van der Waals surface area contributed by atoms with E-state index in [0.717, 1.165) is 17.0 Å². The summed E-state index contributed by atoms with van der Waals surface area (Å²) in [7, 11) is 0. The fourth-order valence-electron chi connectivity index (χ4n) is 1.30. The maximum atomic E-state index is 4.16. The number of hydrogen-bond donors (Lipinski definition) is 1. The Morgan fingerprint density at radius 3 is 3.13 bits per heavy atom. The second-order valence-electron chi connectivity index (χ2n) is 3.17. The molecule has 1 atom stereocenters. The Labute approximate surface area is 106 Å². The van der Waals surface area contributed by atoms with Crippen molar-refractivity contribution in [3.05, 3.63) is 17.0 Å². The zero-order chi connectivity index (χ0) is 10.5. The first-order chi connectivity index (χ1) is 7.34. The molecular formula is C9H12BrN3S2. The van der Waals surface area contributed by atoms with Gasteiger partial charge in [0.25, 0.3) is 0 Å². The molecule has 0 spiro atoms. The molecule has 1 fully saturated rings. The molecule has 2 heterocycles. The van der Waals surface area contributed by atoms with Crippen molar-refractivity contribution in [3.8, 4) is 0 Å². The second kappa shape index (κ2) is 5.96. The molecular weight excluding hydrogens is 294 g/mol. The molecule has 0 amide bonds. The van der Waals surface area contributed by atoms with Gasteiger partial charge >= 0.3 is 0 Å². The third-order valence-electron chi connectivity index (χ3n) is 2.03. The average molecular weight is 306 g/mol. The SMILES string of the molecule is Brc1cc(NCC2CSCCS2)ncn1. The van der Waals surface area contributed by atoms with Crippen molar-refractivity contribution in [2.45, 2.75) is 5.25 Å². The van der Waals surface area contributed by atoms with Gasteiger partial charge in [-0.15, -0.1) is 0 Å². The van der Waals surface area contributed by atoms with E-state index in [1.807, 2.05) is 29.6 Å². The minimum atomic E-state index is 0.706. The molecule has 0 saturated carbocycles. The number of halogens is 1. The third kappa shape index (κ3) is 3.85. The van der Waals surface area contributed by atoms with E-state index in [1.165, 1.54) is 17.3 Å². The average Bonchev–Trinajstić information content (AvgIpc) is 2.28. The summed E-state index contributed by atoms with van der Waals surface area (Å²) in [5.74, 6) is 4.70. The molecule has 1 N–H and O–H groups in total. The standard InChI is InChI=1S/C9H12BrN3S2/c10-8-3-9(13-6-12-8)11-4-7-5-14-1-2-15-7/h3,6-7H,1-2,4-5H2,(H,11,12,13). The van der Waals surface area contributed by atoms with Crippen molar-refractivity contribution in [3.63, 3.8) is 0 Å². The summed E-state index contributed by atoms with van der Waals surface area (Å²) in [6, 6.07) is 1.90. The quantitative estimate of drug-likeness (QED) is 0.869. The largest absolute Gasteiger partial charge is 0.369 e. The van der Waals surface area contributed by atoms with Crippen molar-refractivity contribution in [1.29, 1.82) is 0 Å². The zero-order valence-corrected chi connectivity index (χ0v) is 11.4. The van der Waals surface area contributed by atoms with Crippen LogP contribution >= 0.6 is 39.5 Å². The molecule has 82 valence electrons. The van der Waals surface area contributed by atoms with Crippen LogP contribution in [0.4, 0.5) is 5.82 Å². The summed E-state index contributed by atoms with van der Waals surface area (Å²) in [5.41, 5.74) is 0. The zero-order valence-electron chi connectivity index (χ0n) is 8.15. The van der Waals surface area contributed by atoms with Gasteiger partial charge in [0.2, 0.25) is 0 Å². The molecule has 0 radical (unpaired) electrons.